The maximum absolute atomic E-state index is 12.4. The molecule has 20 heavy (non-hydrogen) atoms. The van der Waals surface area contributed by atoms with Gasteiger partial charge in [0.2, 0.25) is 0 Å². The van der Waals surface area contributed by atoms with Crippen LogP contribution in [0.1, 0.15) is 31.4 Å². The van der Waals surface area contributed by atoms with Crippen LogP contribution in [0.3, 0.4) is 0 Å². The fourth-order valence-electron chi connectivity index (χ4n) is 2.67. The van der Waals surface area contributed by atoms with E-state index in [1.165, 1.54) is 6.07 Å². The molecule has 1 N–H and O–H groups in total. The molecule has 1 aromatic rings. The molecule has 0 radical (unpaired) electrons. The lowest BCUT2D eigenvalue weighted by Crippen LogP contribution is -2.42. The first-order valence-corrected chi connectivity index (χ1v) is 7.84. The summed E-state index contributed by atoms with van der Waals surface area (Å²) in [6, 6.07) is 4.96. The van der Waals surface area contributed by atoms with Crippen LogP contribution in [-0.2, 0) is 31.4 Å². The number of benzene rings is 1. The number of carbonyl (C=O) groups is 1. The smallest absolute Gasteiger partial charge is 0.322 e. The van der Waals surface area contributed by atoms with Crippen molar-refractivity contribution in [1.29, 1.82) is 0 Å². The van der Waals surface area contributed by atoms with Gasteiger partial charge in [0.05, 0.1) is 11.5 Å². The van der Waals surface area contributed by atoms with Crippen molar-refractivity contribution in [1.82, 2.24) is 0 Å². The first kappa shape index (κ1) is 15.0. The Kier molecular flexibility index (Phi) is 3.64. The molecule has 1 aromatic carbocycles. The number of sulfone groups is 1. The molecule has 1 heterocycles. The number of aliphatic carboxylic acids is 1. The van der Waals surface area contributed by atoms with E-state index >= 15 is 0 Å². The van der Waals surface area contributed by atoms with E-state index in [2.05, 4.69) is 0 Å². The highest BCUT2D eigenvalue weighted by Gasteiger charge is 2.46. The molecule has 1 aliphatic heterocycles. The number of hydrogen-bond donors (Lipinski definition) is 1. The lowest BCUT2D eigenvalue weighted by Gasteiger charge is -2.35. The third-order valence-electron chi connectivity index (χ3n) is 3.74. The van der Waals surface area contributed by atoms with Crippen LogP contribution in [0.15, 0.2) is 23.1 Å². The van der Waals surface area contributed by atoms with Gasteiger partial charge >= 0.3 is 5.97 Å². The summed E-state index contributed by atoms with van der Waals surface area (Å²) in [4.78, 5) is 11.4. The first-order valence-electron chi connectivity index (χ1n) is 6.29. The molecular weight excluding hydrogens is 280 g/mol. The number of rotatable bonds is 3. The van der Waals surface area contributed by atoms with Crippen LogP contribution in [0.2, 0.25) is 0 Å². The summed E-state index contributed by atoms with van der Waals surface area (Å²) in [5, 5.41) is 7.79. The molecular formula is C14H18O5S. The predicted octanol–water partition coefficient (Wildman–Crippen LogP) is 1.74. The molecule has 110 valence electrons. The SMILES string of the molecule is COCc1ccc2c(c1)C(C)(C)CC(C(=O)O)S2(=O)=O. The maximum Gasteiger partial charge on any atom is 0.322 e. The summed E-state index contributed by atoms with van der Waals surface area (Å²) < 4.78 is 29.8. The summed E-state index contributed by atoms with van der Waals surface area (Å²) in [6.07, 6.45) is 0.0775. The number of carboxylic acids is 1. The van der Waals surface area contributed by atoms with E-state index in [-0.39, 0.29) is 11.3 Å². The first-order chi connectivity index (χ1) is 9.20. The van der Waals surface area contributed by atoms with Gasteiger partial charge in [-0.3, -0.25) is 4.79 Å². The summed E-state index contributed by atoms with van der Waals surface area (Å²) in [5.41, 5.74) is 1.04. The van der Waals surface area contributed by atoms with E-state index < -0.39 is 26.5 Å². The van der Waals surface area contributed by atoms with Gasteiger partial charge in [0.1, 0.15) is 0 Å². The van der Waals surface area contributed by atoms with E-state index in [9.17, 15) is 18.3 Å². The summed E-state index contributed by atoms with van der Waals surface area (Å²) in [7, 11) is -2.25. The van der Waals surface area contributed by atoms with Gasteiger partial charge in [-0.05, 0) is 29.0 Å². The Morgan fingerprint density at radius 2 is 2.10 bits per heavy atom. The van der Waals surface area contributed by atoms with Crippen LogP contribution >= 0.6 is 0 Å². The van der Waals surface area contributed by atoms with Gasteiger partial charge in [0.15, 0.2) is 15.1 Å². The Balaban J connectivity index is 2.65. The lowest BCUT2D eigenvalue weighted by atomic mass is 9.79. The normalized spacial score (nSPS) is 23.1. The van der Waals surface area contributed by atoms with Crippen molar-refractivity contribution in [3.63, 3.8) is 0 Å². The molecule has 0 saturated carbocycles. The molecule has 1 atom stereocenters. The number of methoxy groups -OCH3 is 1. The second-order valence-electron chi connectivity index (χ2n) is 5.72. The molecule has 0 fully saturated rings. The second kappa shape index (κ2) is 4.86. The highest BCUT2D eigenvalue weighted by molar-refractivity contribution is 7.93. The Morgan fingerprint density at radius 3 is 2.65 bits per heavy atom. The van der Waals surface area contributed by atoms with E-state index in [0.29, 0.717) is 12.2 Å². The van der Waals surface area contributed by atoms with Crippen molar-refractivity contribution in [2.75, 3.05) is 7.11 Å². The van der Waals surface area contributed by atoms with E-state index in [1.807, 2.05) is 13.8 Å². The number of carboxylic acid groups (broad SMARTS) is 1. The van der Waals surface area contributed by atoms with Gasteiger partial charge in [0, 0.05) is 7.11 Å². The molecule has 5 nitrogen and oxygen atoms in total. The summed E-state index contributed by atoms with van der Waals surface area (Å²) in [5.74, 6) is -1.29. The maximum atomic E-state index is 12.4. The average molecular weight is 298 g/mol. The monoisotopic (exact) mass is 298 g/mol. The zero-order valence-corrected chi connectivity index (χ0v) is 12.5. The fourth-order valence-corrected chi connectivity index (χ4v) is 4.77. The van der Waals surface area contributed by atoms with E-state index in [1.54, 1.807) is 19.2 Å². The van der Waals surface area contributed by atoms with E-state index in [0.717, 1.165) is 5.56 Å². The predicted molar refractivity (Wildman–Crippen MR) is 73.4 cm³/mol. The van der Waals surface area contributed by atoms with Gasteiger partial charge in [-0.25, -0.2) is 8.42 Å². The topological polar surface area (TPSA) is 80.7 Å². The van der Waals surface area contributed by atoms with Crippen LogP contribution in [0.25, 0.3) is 0 Å². The molecule has 1 aliphatic rings. The summed E-state index contributed by atoms with van der Waals surface area (Å²) in [6.45, 7) is 4.13. The molecule has 6 heteroatoms. The van der Waals surface area contributed by atoms with E-state index in [4.69, 9.17) is 4.74 Å². The number of fused-ring (bicyclic) bond motifs is 1. The highest BCUT2D eigenvalue weighted by Crippen LogP contribution is 2.42. The Labute approximate surface area is 118 Å². The quantitative estimate of drug-likeness (QED) is 0.919. The summed E-state index contributed by atoms with van der Waals surface area (Å²) >= 11 is 0. The van der Waals surface area contributed by atoms with Gasteiger partial charge in [-0.1, -0.05) is 26.0 Å². The van der Waals surface area contributed by atoms with Crippen LogP contribution in [0, 0.1) is 0 Å². The average Bonchev–Trinajstić information content (AvgIpc) is 2.34. The zero-order valence-electron chi connectivity index (χ0n) is 11.7. The molecule has 0 amide bonds. The van der Waals surface area contributed by atoms with Crippen molar-refractivity contribution >= 4 is 15.8 Å². The van der Waals surface area contributed by atoms with Crippen LogP contribution in [0.5, 0.6) is 0 Å². The minimum absolute atomic E-state index is 0.0775. The highest BCUT2D eigenvalue weighted by atomic mass is 32.2. The molecule has 0 aromatic heterocycles. The third kappa shape index (κ3) is 2.33. The molecule has 2 rings (SSSR count). The third-order valence-corrected chi connectivity index (χ3v) is 5.82. The minimum atomic E-state index is -3.83. The van der Waals surface area contributed by atoms with Crippen LogP contribution in [0.4, 0.5) is 0 Å². The second-order valence-corrected chi connectivity index (χ2v) is 7.82. The van der Waals surface area contributed by atoms with Crippen molar-refractivity contribution in [3.8, 4) is 0 Å². The van der Waals surface area contributed by atoms with Crippen molar-refractivity contribution in [2.24, 2.45) is 0 Å². The lowest BCUT2D eigenvalue weighted by molar-refractivity contribution is -0.137. The Morgan fingerprint density at radius 1 is 1.45 bits per heavy atom. The van der Waals surface area contributed by atoms with Crippen molar-refractivity contribution in [3.05, 3.63) is 29.3 Å². The van der Waals surface area contributed by atoms with Crippen molar-refractivity contribution in [2.45, 2.75) is 42.4 Å². The van der Waals surface area contributed by atoms with Crippen molar-refractivity contribution < 1.29 is 23.1 Å². The largest absolute Gasteiger partial charge is 0.480 e. The van der Waals surface area contributed by atoms with Gasteiger partial charge in [0.25, 0.3) is 0 Å². The Hall–Kier alpha value is -1.40. The van der Waals surface area contributed by atoms with Gasteiger partial charge in [-0.2, -0.15) is 0 Å². The zero-order chi connectivity index (χ0) is 15.1. The fraction of sp³-hybridized carbons (Fsp3) is 0.500. The molecule has 0 aliphatic carbocycles. The molecule has 0 saturated heterocycles. The van der Waals surface area contributed by atoms with Crippen LogP contribution in [-0.4, -0.2) is 31.9 Å². The molecule has 0 spiro atoms. The van der Waals surface area contributed by atoms with Crippen LogP contribution < -0.4 is 0 Å². The molecule has 0 bridgehead atoms. The van der Waals surface area contributed by atoms with Gasteiger partial charge < -0.3 is 9.84 Å². The number of hydrogen-bond acceptors (Lipinski definition) is 4. The minimum Gasteiger partial charge on any atom is -0.480 e. The standard InChI is InChI=1S/C14H18O5S/c1-14(2)7-12(13(15)16)20(17,18)11-5-4-9(8-19-3)6-10(11)14/h4-6,12H,7-8H2,1-3H3,(H,15,16). The Bertz CT molecular complexity index is 646. The van der Waals surface area contributed by atoms with Gasteiger partial charge in [-0.15, -0.1) is 0 Å². The molecule has 1 unspecified atom stereocenters. The number of ether oxygens (including phenoxy) is 1.